The molecule has 0 radical (unpaired) electrons. The zero-order chi connectivity index (χ0) is 27.2. The highest BCUT2D eigenvalue weighted by Gasteiger charge is 2.50. The number of nitrogens with zero attached hydrogens (tertiary/aromatic N) is 3. The Labute approximate surface area is 212 Å². The van der Waals surface area contributed by atoms with E-state index in [1.54, 1.807) is 11.8 Å². The van der Waals surface area contributed by atoms with Crippen molar-refractivity contribution in [1.29, 1.82) is 0 Å². The minimum atomic E-state index is -3.37. The van der Waals surface area contributed by atoms with Crippen LogP contribution in [0.2, 0.25) is 0 Å². The van der Waals surface area contributed by atoms with Crippen molar-refractivity contribution in [1.82, 2.24) is 14.7 Å². The highest BCUT2D eigenvalue weighted by molar-refractivity contribution is 5.84. The molecule has 0 atom stereocenters. The first-order valence-corrected chi connectivity index (χ1v) is 13.8. The molecule has 2 saturated heterocycles. The number of likely N-dealkylation sites (tertiary alicyclic amines) is 1. The van der Waals surface area contributed by atoms with E-state index in [1.165, 1.54) is 4.90 Å². The van der Waals surface area contributed by atoms with Crippen LogP contribution in [0.4, 0.5) is 8.78 Å². The zero-order valence-corrected chi connectivity index (χ0v) is 23.5. The summed E-state index contributed by atoms with van der Waals surface area (Å²) in [6.07, 6.45) is 3.17. The van der Waals surface area contributed by atoms with E-state index in [9.17, 15) is 23.2 Å². The van der Waals surface area contributed by atoms with Crippen LogP contribution in [0.25, 0.3) is 0 Å². The number of likely N-dealkylation sites (N-methyl/N-ethyl adjacent to an activating group) is 1. The average molecular weight is 504 g/mol. The molecule has 8 heteroatoms. The van der Waals surface area contributed by atoms with E-state index in [0.29, 0.717) is 39.0 Å². The summed E-state index contributed by atoms with van der Waals surface area (Å²) >= 11 is 0. The lowest BCUT2D eigenvalue weighted by Crippen LogP contribution is -2.56. The van der Waals surface area contributed by atoms with E-state index in [2.05, 4.69) is 0 Å². The molecule has 0 N–H and O–H groups in total. The summed E-state index contributed by atoms with van der Waals surface area (Å²) < 4.78 is 29.7. The number of rotatable bonds is 4. The number of carbonyl (C=O) groups is 3. The molecule has 0 aromatic carbocycles. The molecule has 35 heavy (non-hydrogen) atoms. The van der Waals surface area contributed by atoms with Crippen molar-refractivity contribution in [3.8, 4) is 0 Å². The van der Waals surface area contributed by atoms with Crippen molar-refractivity contribution in [2.75, 3.05) is 46.3 Å². The molecule has 1 saturated carbocycles. The van der Waals surface area contributed by atoms with Gasteiger partial charge in [-0.25, -0.2) is 0 Å². The minimum absolute atomic E-state index is 0.0270. The van der Waals surface area contributed by atoms with Gasteiger partial charge in [-0.15, -0.1) is 0 Å². The zero-order valence-electron chi connectivity index (χ0n) is 23.5. The van der Waals surface area contributed by atoms with Gasteiger partial charge in [-0.2, -0.15) is 8.78 Å². The van der Waals surface area contributed by atoms with Gasteiger partial charge in [0.05, 0.1) is 0 Å². The Balaban J connectivity index is 0.00000179. The monoisotopic (exact) mass is 503 g/mol. The van der Waals surface area contributed by atoms with Gasteiger partial charge in [-0.05, 0) is 52.5 Å². The maximum Gasteiger partial charge on any atom is 0.327 e. The molecule has 206 valence electrons. The Morgan fingerprint density at radius 2 is 1.09 bits per heavy atom. The summed E-state index contributed by atoms with van der Waals surface area (Å²) in [6, 6.07) is 0. The van der Waals surface area contributed by atoms with Gasteiger partial charge in [0.1, 0.15) is 5.78 Å². The van der Waals surface area contributed by atoms with Crippen molar-refractivity contribution in [3.05, 3.63) is 0 Å². The van der Waals surface area contributed by atoms with Gasteiger partial charge >= 0.3 is 5.92 Å². The van der Waals surface area contributed by atoms with Crippen LogP contribution in [-0.4, -0.2) is 84.5 Å². The number of amides is 2. The number of piperidine rings is 1. The molecule has 1 aliphatic carbocycles. The molecular formula is C27H51F2N3O3. The maximum absolute atomic E-state index is 14.8. The summed E-state index contributed by atoms with van der Waals surface area (Å²) in [5.41, 5.74) is 0. The van der Waals surface area contributed by atoms with Crippen LogP contribution in [0.5, 0.6) is 0 Å². The molecule has 0 aromatic rings. The minimum Gasteiger partial charge on any atom is -0.342 e. The topological polar surface area (TPSA) is 60.9 Å². The number of halogens is 2. The number of Topliss-reactive ketones (excluding diaryl/α,β-unsaturated/α-hetero) is 1. The first kappa shape index (κ1) is 33.4. The number of alkyl halides is 2. The lowest BCUT2D eigenvalue weighted by Gasteiger charge is -2.40. The standard InChI is InChI=1S/C21H33F2N3O3.3C2H6/c1-15(27)16-3-5-17(6-4-16)19(28)25-9-7-18(8-10-25)21(22,23)20(29)26-13-11-24(2)12-14-26;3*1-2/h16-18H,3-14H2,1-2H3;3*1-2H3. The second kappa shape index (κ2) is 17.0. The summed E-state index contributed by atoms with van der Waals surface area (Å²) in [5, 5.41) is 0. The van der Waals surface area contributed by atoms with Gasteiger partial charge in [-0.3, -0.25) is 14.4 Å². The molecule has 3 rings (SSSR count). The molecule has 0 aromatic heterocycles. The quantitative estimate of drug-likeness (QED) is 0.535. The predicted octanol–water partition coefficient (Wildman–Crippen LogP) is 5.11. The van der Waals surface area contributed by atoms with E-state index in [1.807, 2.05) is 53.5 Å². The van der Waals surface area contributed by atoms with Gasteiger partial charge in [-0.1, -0.05) is 41.5 Å². The first-order valence-electron chi connectivity index (χ1n) is 13.8. The van der Waals surface area contributed by atoms with Crippen molar-refractivity contribution in [3.63, 3.8) is 0 Å². The second-order valence-electron chi connectivity index (χ2n) is 8.98. The second-order valence-corrected chi connectivity index (χ2v) is 8.98. The molecule has 0 bridgehead atoms. The average Bonchev–Trinajstić information content (AvgIpc) is 2.92. The van der Waals surface area contributed by atoms with Crippen LogP contribution in [0.1, 0.15) is 87.0 Å². The third-order valence-electron chi connectivity index (χ3n) is 7.05. The Bertz CT molecular complexity index is 621. The van der Waals surface area contributed by atoms with Gasteiger partial charge in [0, 0.05) is 57.0 Å². The van der Waals surface area contributed by atoms with Crippen molar-refractivity contribution < 1.29 is 23.2 Å². The van der Waals surface area contributed by atoms with E-state index < -0.39 is 17.7 Å². The number of ketones is 1. The number of hydrogen-bond acceptors (Lipinski definition) is 4. The largest absolute Gasteiger partial charge is 0.342 e. The van der Waals surface area contributed by atoms with Crippen LogP contribution in [-0.2, 0) is 14.4 Å². The van der Waals surface area contributed by atoms with Crippen molar-refractivity contribution in [2.45, 2.75) is 92.9 Å². The van der Waals surface area contributed by atoms with Crippen LogP contribution in [0.3, 0.4) is 0 Å². The fourth-order valence-electron chi connectivity index (χ4n) is 4.86. The van der Waals surface area contributed by atoms with Gasteiger partial charge in [0.15, 0.2) is 0 Å². The summed E-state index contributed by atoms with van der Waals surface area (Å²) in [4.78, 5) is 41.7. The summed E-state index contributed by atoms with van der Waals surface area (Å²) in [5.74, 6) is -5.27. The predicted molar refractivity (Wildman–Crippen MR) is 139 cm³/mol. The van der Waals surface area contributed by atoms with Gasteiger partial charge in [0.25, 0.3) is 5.91 Å². The molecule has 6 nitrogen and oxygen atoms in total. The van der Waals surface area contributed by atoms with Crippen molar-refractivity contribution in [2.24, 2.45) is 17.8 Å². The number of piperazine rings is 1. The summed E-state index contributed by atoms with van der Waals surface area (Å²) in [7, 11) is 1.92. The maximum atomic E-state index is 14.8. The first-order chi connectivity index (χ1) is 16.7. The van der Waals surface area contributed by atoms with Gasteiger partial charge in [0.2, 0.25) is 5.91 Å². The number of carbonyl (C=O) groups excluding carboxylic acids is 3. The van der Waals surface area contributed by atoms with Crippen molar-refractivity contribution >= 4 is 17.6 Å². The van der Waals surface area contributed by atoms with Gasteiger partial charge < -0.3 is 14.7 Å². The third kappa shape index (κ3) is 9.43. The van der Waals surface area contributed by atoms with E-state index in [4.69, 9.17) is 0 Å². The smallest absolute Gasteiger partial charge is 0.327 e. The Kier molecular flexibility index (Phi) is 16.2. The Morgan fingerprint density at radius 3 is 1.51 bits per heavy atom. The summed E-state index contributed by atoms with van der Waals surface area (Å²) in [6.45, 7) is 16.1. The molecule has 0 unspecified atom stereocenters. The highest BCUT2D eigenvalue weighted by atomic mass is 19.3. The van der Waals surface area contributed by atoms with E-state index >= 15 is 0 Å². The lowest BCUT2D eigenvalue weighted by molar-refractivity contribution is -0.171. The molecule has 2 aliphatic heterocycles. The van der Waals surface area contributed by atoms with E-state index in [-0.39, 0.29) is 49.5 Å². The molecule has 0 spiro atoms. The SMILES string of the molecule is CC.CC.CC.CC(=O)C1CCC(C(=O)N2CCC(C(F)(F)C(=O)N3CCN(C)CC3)CC2)CC1. The molecule has 2 heterocycles. The van der Waals surface area contributed by atoms with Crippen LogP contribution in [0, 0.1) is 17.8 Å². The molecule has 3 aliphatic rings. The molecule has 2 amide bonds. The Hall–Kier alpha value is -1.57. The highest BCUT2D eigenvalue weighted by Crippen LogP contribution is 2.37. The van der Waals surface area contributed by atoms with Crippen LogP contribution >= 0.6 is 0 Å². The van der Waals surface area contributed by atoms with Crippen LogP contribution in [0.15, 0.2) is 0 Å². The van der Waals surface area contributed by atoms with Crippen LogP contribution < -0.4 is 0 Å². The lowest BCUT2D eigenvalue weighted by atomic mass is 9.79. The Morgan fingerprint density at radius 1 is 0.657 bits per heavy atom. The fourth-order valence-corrected chi connectivity index (χ4v) is 4.86. The molecular weight excluding hydrogens is 452 g/mol. The normalized spacial score (nSPS) is 23.5. The fraction of sp³-hybridized carbons (Fsp3) is 0.889. The molecule has 3 fully saturated rings. The number of hydrogen-bond donors (Lipinski definition) is 0. The van der Waals surface area contributed by atoms with E-state index in [0.717, 1.165) is 12.8 Å². The third-order valence-corrected chi connectivity index (χ3v) is 7.05.